The number of fused-ring (bicyclic) bond motifs is 3. The SMILES string of the molecule is CN=C(N=CN)c1cn2c(n1)-c1ccc(O[C@@H](C)C(N)=O)cc1OCC2. The second-order valence-electron chi connectivity index (χ2n) is 5.64. The van der Waals surface area contributed by atoms with Gasteiger partial charge in [0, 0.05) is 19.3 Å². The largest absolute Gasteiger partial charge is 0.491 e. The number of ether oxygens (including phenoxy) is 2. The Bertz CT molecular complexity index is 887. The number of hydrogen-bond donors (Lipinski definition) is 2. The summed E-state index contributed by atoms with van der Waals surface area (Å²) in [5.41, 5.74) is 12.0. The summed E-state index contributed by atoms with van der Waals surface area (Å²) in [6.07, 6.45) is 2.32. The number of amidine groups is 1. The van der Waals surface area contributed by atoms with Gasteiger partial charge in [-0.05, 0) is 19.1 Å². The predicted octanol–water partition coefficient (Wildman–Crippen LogP) is 0.558. The highest BCUT2D eigenvalue weighted by atomic mass is 16.5. The number of hydrogen-bond acceptors (Lipinski definition) is 5. The van der Waals surface area contributed by atoms with Gasteiger partial charge in [0.25, 0.3) is 5.91 Å². The van der Waals surface area contributed by atoms with Crippen LogP contribution in [0, 0.1) is 0 Å². The summed E-state index contributed by atoms with van der Waals surface area (Å²) in [5.74, 6) is 1.76. The van der Waals surface area contributed by atoms with Gasteiger partial charge >= 0.3 is 0 Å². The zero-order valence-corrected chi connectivity index (χ0v) is 14.5. The molecule has 136 valence electrons. The Morgan fingerprint density at radius 1 is 1.50 bits per heavy atom. The fourth-order valence-electron chi connectivity index (χ4n) is 2.61. The first kappa shape index (κ1) is 17.5. The topological polar surface area (TPSA) is 130 Å². The Labute approximate surface area is 150 Å². The average Bonchev–Trinajstić information content (AvgIpc) is 2.96. The maximum absolute atomic E-state index is 11.2. The second kappa shape index (κ2) is 7.26. The first-order valence-corrected chi connectivity index (χ1v) is 8.05. The molecule has 0 unspecified atom stereocenters. The summed E-state index contributed by atoms with van der Waals surface area (Å²) in [4.78, 5) is 23.9. The summed E-state index contributed by atoms with van der Waals surface area (Å²) >= 11 is 0. The molecule has 3 rings (SSSR count). The average molecular weight is 356 g/mol. The van der Waals surface area contributed by atoms with Gasteiger partial charge in [-0.2, -0.15) is 0 Å². The minimum Gasteiger partial charge on any atom is -0.491 e. The smallest absolute Gasteiger partial charge is 0.258 e. The van der Waals surface area contributed by atoms with Crippen molar-refractivity contribution < 1.29 is 14.3 Å². The van der Waals surface area contributed by atoms with Crippen LogP contribution in [0.1, 0.15) is 12.6 Å². The third-order valence-corrected chi connectivity index (χ3v) is 3.91. The van der Waals surface area contributed by atoms with Gasteiger partial charge in [-0.1, -0.05) is 0 Å². The molecule has 0 bridgehead atoms. The van der Waals surface area contributed by atoms with Crippen LogP contribution in [0.15, 0.2) is 34.4 Å². The highest BCUT2D eigenvalue weighted by Crippen LogP contribution is 2.35. The molecule has 4 N–H and O–H groups in total. The number of aliphatic imine (C=N–C) groups is 2. The van der Waals surface area contributed by atoms with E-state index in [2.05, 4.69) is 15.0 Å². The van der Waals surface area contributed by atoms with Gasteiger partial charge in [0.1, 0.15) is 29.6 Å². The summed E-state index contributed by atoms with van der Waals surface area (Å²) in [7, 11) is 1.63. The number of carbonyl (C=O) groups excluding carboxylic acids is 1. The summed E-state index contributed by atoms with van der Waals surface area (Å²) < 4.78 is 13.3. The molecule has 1 aliphatic rings. The number of imidazole rings is 1. The predicted molar refractivity (Wildman–Crippen MR) is 97.6 cm³/mol. The van der Waals surface area contributed by atoms with Crippen LogP contribution in [0.5, 0.6) is 11.5 Å². The lowest BCUT2D eigenvalue weighted by Crippen LogP contribution is -2.30. The number of nitrogens with zero attached hydrogens (tertiary/aromatic N) is 4. The van der Waals surface area contributed by atoms with Crippen LogP contribution in [0.4, 0.5) is 0 Å². The van der Waals surface area contributed by atoms with Crippen LogP contribution in [-0.2, 0) is 11.3 Å². The molecular weight excluding hydrogens is 336 g/mol. The maximum atomic E-state index is 11.2. The van der Waals surface area contributed by atoms with E-state index in [9.17, 15) is 4.79 Å². The molecule has 2 aromatic rings. The van der Waals surface area contributed by atoms with Crippen molar-refractivity contribution in [3.8, 4) is 22.9 Å². The zero-order chi connectivity index (χ0) is 18.7. The zero-order valence-electron chi connectivity index (χ0n) is 14.5. The minimum absolute atomic E-state index is 0.450. The number of nitrogens with two attached hydrogens (primary N) is 2. The standard InChI is InChI=1S/C17H20N6O3/c1-10(15(19)24)26-11-3-4-12-14(7-11)25-6-5-23-8-13(22-17(12)23)16(20-2)21-9-18/h3-4,7-10H,5-6H2,1-2H3,(H2,19,24)(H2,18,20,21)/t10-/m0/s1. The van der Waals surface area contributed by atoms with Gasteiger partial charge in [-0.3, -0.25) is 9.79 Å². The van der Waals surface area contributed by atoms with Gasteiger partial charge in [0.05, 0.1) is 18.4 Å². The molecule has 0 aliphatic carbocycles. The Morgan fingerprint density at radius 2 is 2.31 bits per heavy atom. The van der Waals surface area contributed by atoms with E-state index in [1.165, 1.54) is 6.34 Å². The molecule has 0 saturated heterocycles. The van der Waals surface area contributed by atoms with Crippen LogP contribution >= 0.6 is 0 Å². The molecule has 0 spiro atoms. The van der Waals surface area contributed by atoms with E-state index in [1.54, 1.807) is 26.1 Å². The Balaban J connectivity index is 1.98. The second-order valence-corrected chi connectivity index (χ2v) is 5.64. The van der Waals surface area contributed by atoms with Crippen molar-refractivity contribution in [1.29, 1.82) is 0 Å². The molecule has 1 aromatic heterocycles. The molecule has 0 fully saturated rings. The first-order chi connectivity index (χ1) is 12.5. The van der Waals surface area contributed by atoms with Crippen molar-refractivity contribution in [2.45, 2.75) is 19.6 Å². The Hall–Kier alpha value is -3.36. The van der Waals surface area contributed by atoms with Crippen molar-refractivity contribution in [1.82, 2.24) is 9.55 Å². The van der Waals surface area contributed by atoms with E-state index in [-0.39, 0.29) is 0 Å². The van der Waals surface area contributed by atoms with Crippen molar-refractivity contribution in [3.05, 3.63) is 30.1 Å². The minimum atomic E-state index is -0.732. The molecule has 9 nitrogen and oxygen atoms in total. The molecule has 26 heavy (non-hydrogen) atoms. The molecule has 2 heterocycles. The lowest BCUT2D eigenvalue weighted by molar-refractivity contribution is -0.123. The first-order valence-electron chi connectivity index (χ1n) is 8.05. The molecule has 1 amide bonds. The third-order valence-electron chi connectivity index (χ3n) is 3.91. The van der Waals surface area contributed by atoms with E-state index < -0.39 is 12.0 Å². The maximum Gasteiger partial charge on any atom is 0.258 e. The number of primary amides is 1. The van der Waals surface area contributed by atoms with Crippen molar-refractivity contribution in [2.75, 3.05) is 13.7 Å². The van der Waals surface area contributed by atoms with Crippen molar-refractivity contribution in [2.24, 2.45) is 21.5 Å². The highest BCUT2D eigenvalue weighted by Gasteiger charge is 2.21. The molecule has 1 aromatic carbocycles. The van der Waals surface area contributed by atoms with Gasteiger partial charge in [0.2, 0.25) is 0 Å². The number of aromatic nitrogens is 2. The normalized spacial score (nSPS) is 14.9. The number of rotatable bonds is 4. The summed E-state index contributed by atoms with van der Waals surface area (Å²) in [6, 6.07) is 5.31. The molecule has 9 heteroatoms. The quantitative estimate of drug-likeness (QED) is 0.610. The van der Waals surface area contributed by atoms with E-state index in [1.807, 2.05) is 16.8 Å². The fraction of sp³-hybridized carbons (Fsp3) is 0.294. The number of amides is 1. The van der Waals surface area contributed by atoms with Gasteiger partial charge < -0.3 is 25.5 Å². The van der Waals surface area contributed by atoms with Crippen molar-refractivity contribution >= 4 is 18.1 Å². The molecular formula is C17H20N6O3. The number of benzene rings is 1. The van der Waals surface area contributed by atoms with Gasteiger partial charge in [-0.15, -0.1) is 0 Å². The van der Waals surface area contributed by atoms with E-state index in [0.29, 0.717) is 36.2 Å². The fourth-order valence-corrected chi connectivity index (χ4v) is 2.61. The van der Waals surface area contributed by atoms with Gasteiger partial charge in [0.15, 0.2) is 11.9 Å². The van der Waals surface area contributed by atoms with Crippen LogP contribution in [0.3, 0.4) is 0 Å². The van der Waals surface area contributed by atoms with Crippen molar-refractivity contribution in [3.63, 3.8) is 0 Å². The molecule has 0 radical (unpaired) electrons. The highest BCUT2D eigenvalue weighted by molar-refractivity contribution is 6.01. The van der Waals surface area contributed by atoms with Crippen LogP contribution < -0.4 is 20.9 Å². The molecule has 1 atom stereocenters. The summed E-state index contributed by atoms with van der Waals surface area (Å²) in [5, 5.41) is 0. The number of carbonyl (C=O) groups is 1. The van der Waals surface area contributed by atoms with Crippen LogP contribution in [-0.4, -0.2) is 47.4 Å². The Morgan fingerprint density at radius 3 is 3.00 bits per heavy atom. The van der Waals surface area contributed by atoms with Crippen LogP contribution in [0.2, 0.25) is 0 Å². The molecule has 0 saturated carbocycles. The van der Waals surface area contributed by atoms with Gasteiger partial charge in [-0.25, -0.2) is 9.98 Å². The van der Waals surface area contributed by atoms with Crippen LogP contribution in [0.25, 0.3) is 11.4 Å². The molecule has 1 aliphatic heterocycles. The lowest BCUT2D eigenvalue weighted by atomic mass is 10.1. The van der Waals surface area contributed by atoms with E-state index in [0.717, 1.165) is 11.4 Å². The van der Waals surface area contributed by atoms with E-state index in [4.69, 9.17) is 20.9 Å². The third kappa shape index (κ3) is 3.37. The summed E-state index contributed by atoms with van der Waals surface area (Å²) in [6.45, 7) is 2.68. The Kier molecular flexibility index (Phi) is 4.87. The van der Waals surface area contributed by atoms with E-state index >= 15 is 0 Å². The lowest BCUT2D eigenvalue weighted by Gasteiger charge is -2.13. The monoisotopic (exact) mass is 356 g/mol.